The Morgan fingerprint density at radius 2 is 2.21 bits per heavy atom. The molecule has 1 N–H and O–H groups in total. The van der Waals surface area contributed by atoms with Gasteiger partial charge in [-0.2, -0.15) is 0 Å². The van der Waals surface area contributed by atoms with Crippen LogP contribution in [0.5, 0.6) is 0 Å². The fraction of sp³-hybridized carbons (Fsp3) is 0.300. The number of rotatable bonds is 3. The van der Waals surface area contributed by atoms with E-state index in [4.69, 9.17) is 5.41 Å². The Labute approximate surface area is 82.2 Å². The van der Waals surface area contributed by atoms with E-state index in [0.29, 0.717) is 11.1 Å². The summed E-state index contributed by atoms with van der Waals surface area (Å²) in [5.74, 6) is 0. The number of nitro benzene ring substituents is 1. The first kappa shape index (κ1) is 10.4. The summed E-state index contributed by atoms with van der Waals surface area (Å²) in [6.45, 7) is 3.64. The van der Waals surface area contributed by atoms with Gasteiger partial charge in [-0.15, -0.1) is 0 Å². The van der Waals surface area contributed by atoms with Crippen molar-refractivity contribution in [1.29, 1.82) is 5.41 Å². The van der Waals surface area contributed by atoms with Gasteiger partial charge in [-0.05, 0) is 18.9 Å². The highest BCUT2D eigenvalue weighted by Crippen LogP contribution is 2.23. The van der Waals surface area contributed by atoms with Crippen molar-refractivity contribution < 1.29 is 4.92 Å². The maximum absolute atomic E-state index is 10.6. The highest BCUT2D eigenvalue weighted by atomic mass is 16.6. The van der Waals surface area contributed by atoms with Gasteiger partial charge in [-0.3, -0.25) is 10.1 Å². The second-order valence-electron chi connectivity index (χ2n) is 3.04. The second kappa shape index (κ2) is 4.00. The number of hydrogen-bond donors (Lipinski definition) is 1. The molecule has 0 bridgehead atoms. The number of hydrogen-bond acceptors (Lipinski definition) is 3. The van der Waals surface area contributed by atoms with Crippen molar-refractivity contribution in [2.45, 2.75) is 20.3 Å². The molecule has 4 nitrogen and oxygen atoms in total. The first-order valence-corrected chi connectivity index (χ1v) is 4.39. The quantitative estimate of drug-likeness (QED) is 0.454. The summed E-state index contributed by atoms with van der Waals surface area (Å²) >= 11 is 0. The lowest BCUT2D eigenvalue weighted by molar-refractivity contribution is -0.385. The third-order valence-corrected chi connectivity index (χ3v) is 2.30. The Balaban J connectivity index is 3.42. The van der Waals surface area contributed by atoms with Gasteiger partial charge in [0.05, 0.1) is 4.92 Å². The number of benzene rings is 1. The predicted octanol–water partition coefficient (Wildman–Crippen LogP) is 2.46. The van der Waals surface area contributed by atoms with E-state index in [0.717, 1.165) is 12.0 Å². The molecule has 0 amide bonds. The number of aryl methyl sites for hydroxylation is 1. The summed E-state index contributed by atoms with van der Waals surface area (Å²) in [4.78, 5) is 10.2. The van der Waals surface area contributed by atoms with Crippen molar-refractivity contribution in [3.05, 3.63) is 38.9 Å². The molecule has 0 saturated heterocycles. The van der Waals surface area contributed by atoms with Gasteiger partial charge < -0.3 is 5.41 Å². The zero-order valence-electron chi connectivity index (χ0n) is 8.20. The molecule has 74 valence electrons. The van der Waals surface area contributed by atoms with Crippen LogP contribution in [-0.2, 0) is 6.42 Å². The molecule has 0 atom stereocenters. The van der Waals surface area contributed by atoms with Crippen LogP contribution in [0.2, 0.25) is 0 Å². The summed E-state index contributed by atoms with van der Waals surface area (Å²) in [6.07, 6.45) is 1.96. The molecule has 0 unspecified atom stereocenters. The molecular weight excluding hydrogens is 180 g/mol. The number of nitro groups is 1. The lowest BCUT2D eigenvalue weighted by atomic mass is 9.99. The molecule has 0 heterocycles. The minimum atomic E-state index is -0.415. The van der Waals surface area contributed by atoms with Gasteiger partial charge >= 0.3 is 0 Å². The Kier molecular flexibility index (Phi) is 2.96. The first-order valence-electron chi connectivity index (χ1n) is 4.39. The standard InChI is InChI=1S/C10H12N2O2/c1-3-8-4-5-10(12(13)14)7(2)9(8)6-11/h4-6,11H,3H2,1-2H3. The average Bonchev–Trinajstić information content (AvgIpc) is 2.16. The van der Waals surface area contributed by atoms with Crippen molar-refractivity contribution in [3.8, 4) is 0 Å². The summed E-state index contributed by atoms with van der Waals surface area (Å²) in [5.41, 5.74) is 2.30. The molecule has 0 aliphatic heterocycles. The van der Waals surface area contributed by atoms with Crippen molar-refractivity contribution in [3.63, 3.8) is 0 Å². The molecule has 14 heavy (non-hydrogen) atoms. The SMILES string of the molecule is CCc1ccc([N+](=O)[O-])c(C)c1C=N. The topological polar surface area (TPSA) is 67.0 Å². The summed E-state index contributed by atoms with van der Waals surface area (Å²) < 4.78 is 0. The van der Waals surface area contributed by atoms with Gasteiger partial charge in [0.2, 0.25) is 0 Å². The minimum Gasteiger partial charge on any atom is -0.308 e. The molecule has 0 fully saturated rings. The zero-order valence-corrected chi connectivity index (χ0v) is 8.20. The predicted molar refractivity (Wildman–Crippen MR) is 55.1 cm³/mol. The van der Waals surface area contributed by atoms with E-state index in [2.05, 4.69) is 0 Å². The van der Waals surface area contributed by atoms with Gasteiger partial charge in [0.1, 0.15) is 0 Å². The van der Waals surface area contributed by atoms with Crippen molar-refractivity contribution >= 4 is 11.9 Å². The molecule has 1 aromatic rings. The Hall–Kier alpha value is -1.71. The molecule has 1 rings (SSSR count). The van der Waals surface area contributed by atoms with E-state index in [1.165, 1.54) is 12.3 Å². The summed E-state index contributed by atoms with van der Waals surface area (Å²) in [5, 5.41) is 17.8. The normalized spacial score (nSPS) is 9.86. The molecule has 0 aliphatic carbocycles. The molecular formula is C10H12N2O2. The first-order chi connectivity index (χ1) is 6.61. The molecule has 0 aliphatic rings. The van der Waals surface area contributed by atoms with Crippen LogP contribution in [0, 0.1) is 22.4 Å². The molecule has 0 radical (unpaired) electrons. The van der Waals surface area contributed by atoms with E-state index in [1.54, 1.807) is 13.0 Å². The largest absolute Gasteiger partial charge is 0.308 e. The fourth-order valence-electron chi connectivity index (χ4n) is 1.48. The lowest BCUT2D eigenvalue weighted by Crippen LogP contribution is -1.99. The van der Waals surface area contributed by atoms with Crippen LogP contribution in [0.4, 0.5) is 5.69 Å². The van der Waals surface area contributed by atoms with Gasteiger partial charge in [0.15, 0.2) is 0 Å². The summed E-state index contributed by atoms with van der Waals surface area (Å²) in [6, 6.07) is 3.21. The third-order valence-electron chi connectivity index (χ3n) is 2.30. The van der Waals surface area contributed by atoms with Gasteiger partial charge in [0, 0.05) is 23.4 Å². The van der Waals surface area contributed by atoms with Crippen LogP contribution in [0.3, 0.4) is 0 Å². The molecule has 1 aromatic carbocycles. The summed E-state index contributed by atoms with van der Waals surface area (Å²) in [7, 11) is 0. The Bertz CT molecular complexity index is 386. The maximum atomic E-state index is 10.6. The van der Waals surface area contributed by atoms with E-state index < -0.39 is 4.92 Å². The number of nitrogens with one attached hydrogen (secondary N) is 1. The number of nitrogens with zero attached hydrogens (tertiary/aromatic N) is 1. The van der Waals surface area contributed by atoms with Crippen LogP contribution in [0.1, 0.15) is 23.6 Å². The lowest BCUT2D eigenvalue weighted by Gasteiger charge is -2.06. The van der Waals surface area contributed by atoms with E-state index in [9.17, 15) is 10.1 Å². The van der Waals surface area contributed by atoms with E-state index in [1.807, 2.05) is 6.92 Å². The van der Waals surface area contributed by atoms with Crippen LogP contribution in [-0.4, -0.2) is 11.1 Å². The smallest absolute Gasteiger partial charge is 0.272 e. The van der Waals surface area contributed by atoms with Gasteiger partial charge in [-0.1, -0.05) is 13.0 Å². The maximum Gasteiger partial charge on any atom is 0.272 e. The Morgan fingerprint density at radius 3 is 2.64 bits per heavy atom. The van der Waals surface area contributed by atoms with E-state index >= 15 is 0 Å². The van der Waals surface area contributed by atoms with Gasteiger partial charge in [-0.25, -0.2) is 0 Å². The molecule has 0 spiro atoms. The molecule has 4 heteroatoms. The highest BCUT2D eigenvalue weighted by molar-refractivity contribution is 5.83. The monoisotopic (exact) mass is 192 g/mol. The van der Waals surface area contributed by atoms with Crippen LogP contribution >= 0.6 is 0 Å². The Morgan fingerprint density at radius 1 is 1.57 bits per heavy atom. The van der Waals surface area contributed by atoms with Gasteiger partial charge in [0.25, 0.3) is 5.69 Å². The van der Waals surface area contributed by atoms with Crippen LogP contribution < -0.4 is 0 Å². The molecule has 0 saturated carbocycles. The van der Waals surface area contributed by atoms with Crippen molar-refractivity contribution in [2.75, 3.05) is 0 Å². The third kappa shape index (κ3) is 1.64. The van der Waals surface area contributed by atoms with Crippen LogP contribution in [0.25, 0.3) is 0 Å². The van der Waals surface area contributed by atoms with E-state index in [-0.39, 0.29) is 5.69 Å². The minimum absolute atomic E-state index is 0.0840. The van der Waals surface area contributed by atoms with Crippen molar-refractivity contribution in [1.82, 2.24) is 0 Å². The molecule has 0 aromatic heterocycles. The second-order valence-corrected chi connectivity index (χ2v) is 3.04. The van der Waals surface area contributed by atoms with Crippen LogP contribution in [0.15, 0.2) is 12.1 Å². The van der Waals surface area contributed by atoms with Crippen molar-refractivity contribution in [2.24, 2.45) is 0 Å². The average molecular weight is 192 g/mol. The fourth-order valence-corrected chi connectivity index (χ4v) is 1.48. The highest BCUT2D eigenvalue weighted by Gasteiger charge is 2.14. The zero-order chi connectivity index (χ0) is 10.7.